The number of nitrogens with zero attached hydrogens (tertiary/aromatic N) is 3. The second-order valence-electron chi connectivity index (χ2n) is 10.1. The molecule has 13 heteroatoms. The molecular formula is C31H43N4O8P. The average molecular weight is 631 g/mol. The third-order valence-corrected chi connectivity index (χ3v) is 7.52. The minimum absolute atomic E-state index is 0.00124. The first-order chi connectivity index (χ1) is 21.2. The van der Waals surface area contributed by atoms with Gasteiger partial charge >= 0.3 is 19.8 Å². The number of esters is 2. The lowest BCUT2D eigenvalue weighted by atomic mass is 10.2. The lowest BCUT2D eigenvalue weighted by Gasteiger charge is -2.20. The third-order valence-electron chi connectivity index (χ3n) is 6.54. The molecule has 12 nitrogen and oxygen atoms in total. The number of aromatic nitrogens is 3. The van der Waals surface area contributed by atoms with Crippen molar-refractivity contribution in [3.05, 3.63) is 54.4 Å². The second kappa shape index (κ2) is 17.7. The van der Waals surface area contributed by atoms with Crippen LogP contribution < -0.4 is 5.73 Å². The van der Waals surface area contributed by atoms with Crippen molar-refractivity contribution >= 4 is 47.5 Å². The van der Waals surface area contributed by atoms with Gasteiger partial charge < -0.3 is 24.7 Å². The highest BCUT2D eigenvalue weighted by Crippen LogP contribution is 2.43. The molecule has 0 fully saturated rings. The zero-order valence-electron chi connectivity index (χ0n) is 25.6. The van der Waals surface area contributed by atoms with Gasteiger partial charge in [-0.3, -0.25) is 18.6 Å². The number of unbranched alkanes of at least 4 members (excludes halogenated alkanes) is 1. The van der Waals surface area contributed by atoms with Gasteiger partial charge in [0, 0.05) is 18.4 Å². The van der Waals surface area contributed by atoms with Gasteiger partial charge in [0.1, 0.15) is 17.9 Å². The zero-order chi connectivity index (χ0) is 32.0. The van der Waals surface area contributed by atoms with Crippen LogP contribution in [0.25, 0.3) is 21.9 Å². The number of hydrogen-bond acceptors (Lipinski definition) is 10. The number of phosphoric ester groups is 1. The summed E-state index contributed by atoms with van der Waals surface area (Å²) >= 11 is 0. The Kier molecular flexibility index (Phi) is 14.0. The quantitative estimate of drug-likeness (QED) is 0.0932. The molecule has 0 bridgehead atoms. The molecule has 3 N–H and O–H groups in total. The summed E-state index contributed by atoms with van der Waals surface area (Å²) in [5.74, 6) is -0.0461. The van der Waals surface area contributed by atoms with Gasteiger partial charge in [-0.05, 0) is 25.3 Å². The summed E-state index contributed by atoms with van der Waals surface area (Å²) < 4.78 is 35.8. The van der Waals surface area contributed by atoms with E-state index in [2.05, 4.69) is 11.9 Å². The molecule has 0 amide bonds. The number of nitrogens with two attached hydrogens (primary N) is 1. The summed E-state index contributed by atoms with van der Waals surface area (Å²) in [7, 11) is -4.59. The fraction of sp³-hybridized carbons (Fsp3) is 0.484. The molecule has 3 rings (SSSR count). The highest BCUT2D eigenvalue weighted by molar-refractivity contribution is 7.47. The fourth-order valence-corrected chi connectivity index (χ4v) is 5.16. The van der Waals surface area contributed by atoms with Gasteiger partial charge in [0.05, 0.1) is 37.1 Å². The standard InChI is InChI=1S/C31H43N4O8P/c1-4-7-10-17-27(36)40-21-23(43-28(37)18-11-8-5-2)22-42-44(38,39)41-20-19-35-26(16-9-6-3)34-29-30(35)24-14-12-13-15-25(24)33-31(29)32/h7-8,10-15,23H,4-6,9,16-22H2,1-3H3,(H2,32,33)(H,38,39)/b10-7-,11-8-/t23-/m1/s1. The van der Waals surface area contributed by atoms with E-state index in [9.17, 15) is 19.0 Å². The van der Waals surface area contributed by atoms with Gasteiger partial charge in [0.25, 0.3) is 0 Å². The molecular weight excluding hydrogens is 587 g/mol. The number of fused-ring (bicyclic) bond motifs is 3. The van der Waals surface area contributed by atoms with Crippen LogP contribution in [-0.4, -0.2) is 57.3 Å². The van der Waals surface area contributed by atoms with E-state index in [1.54, 1.807) is 12.2 Å². The second-order valence-corrected chi connectivity index (χ2v) is 11.5. The maximum Gasteiger partial charge on any atom is 0.472 e. The minimum Gasteiger partial charge on any atom is -0.461 e. The number of carbonyl (C=O) groups is 2. The molecule has 0 radical (unpaired) electrons. The Labute approximate surface area is 257 Å². The van der Waals surface area contributed by atoms with Crippen molar-refractivity contribution in [2.75, 3.05) is 25.6 Å². The number of imidazole rings is 1. The van der Waals surface area contributed by atoms with Gasteiger partial charge in [-0.2, -0.15) is 0 Å². The van der Waals surface area contributed by atoms with Gasteiger partial charge in [0.2, 0.25) is 0 Å². The summed E-state index contributed by atoms with van der Waals surface area (Å²) in [6, 6.07) is 7.57. The molecule has 0 aliphatic carbocycles. The Hall–Kier alpha value is -3.57. The van der Waals surface area contributed by atoms with Crippen molar-refractivity contribution in [1.82, 2.24) is 14.5 Å². The van der Waals surface area contributed by atoms with E-state index in [0.717, 1.165) is 42.4 Å². The number of pyridine rings is 1. The fourth-order valence-electron chi connectivity index (χ4n) is 4.42. The van der Waals surface area contributed by atoms with Gasteiger partial charge in [-0.15, -0.1) is 0 Å². The number of allylic oxidation sites excluding steroid dienone is 2. The number of anilines is 1. The van der Waals surface area contributed by atoms with Crippen molar-refractivity contribution in [2.45, 2.75) is 78.4 Å². The number of para-hydroxylation sites is 1. The Morgan fingerprint density at radius 2 is 1.70 bits per heavy atom. The number of carbonyl (C=O) groups excluding carboxylic acids is 2. The molecule has 1 unspecified atom stereocenters. The number of phosphoric acid groups is 1. The molecule has 0 aliphatic rings. The van der Waals surface area contributed by atoms with Crippen molar-refractivity contribution in [3.8, 4) is 0 Å². The van der Waals surface area contributed by atoms with Crippen molar-refractivity contribution < 1.29 is 37.6 Å². The van der Waals surface area contributed by atoms with Crippen LogP contribution in [0.2, 0.25) is 0 Å². The molecule has 0 saturated heterocycles. The van der Waals surface area contributed by atoms with Crippen LogP contribution in [0.5, 0.6) is 0 Å². The maximum atomic E-state index is 12.8. The Morgan fingerprint density at radius 1 is 1.00 bits per heavy atom. The number of rotatable bonds is 19. The zero-order valence-corrected chi connectivity index (χ0v) is 26.5. The molecule has 240 valence electrons. The van der Waals surface area contributed by atoms with Crippen LogP contribution in [0.3, 0.4) is 0 Å². The van der Waals surface area contributed by atoms with Crippen molar-refractivity contribution in [3.63, 3.8) is 0 Å². The number of nitrogen functional groups attached to an aromatic ring is 1. The normalized spacial score (nSPS) is 14.0. The predicted octanol–water partition coefficient (Wildman–Crippen LogP) is 5.81. The lowest BCUT2D eigenvalue weighted by Crippen LogP contribution is -2.29. The Bertz CT molecular complexity index is 1500. The van der Waals surface area contributed by atoms with Gasteiger partial charge in [-0.1, -0.05) is 69.7 Å². The first kappa shape index (κ1) is 34.9. The smallest absolute Gasteiger partial charge is 0.461 e. The SMILES string of the molecule is CC/C=C\CC(=O)OC[C@H](COP(=O)(O)OCCn1c(CCCC)nc2c(N)nc3ccccc3c21)OC(=O)C/C=C\CC. The van der Waals surface area contributed by atoms with Crippen molar-refractivity contribution in [1.29, 1.82) is 0 Å². The molecule has 0 saturated carbocycles. The number of ether oxygens (including phenoxy) is 2. The molecule has 2 heterocycles. The summed E-state index contributed by atoms with van der Waals surface area (Å²) in [6.45, 7) is 5.11. The maximum absolute atomic E-state index is 12.8. The van der Waals surface area contributed by atoms with Gasteiger partial charge in [-0.25, -0.2) is 14.5 Å². The molecule has 0 spiro atoms. The lowest BCUT2D eigenvalue weighted by molar-refractivity contribution is -0.160. The largest absolute Gasteiger partial charge is 0.472 e. The molecule has 2 aromatic heterocycles. The monoisotopic (exact) mass is 630 g/mol. The number of benzene rings is 1. The van der Waals surface area contributed by atoms with E-state index in [1.165, 1.54) is 0 Å². The molecule has 2 atom stereocenters. The summed E-state index contributed by atoms with van der Waals surface area (Å²) in [5, 5.41) is 0.855. The number of hydrogen-bond donors (Lipinski definition) is 2. The van der Waals surface area contributed by atoms with Crippen LogP contribution in [0.15, 0.2) is 48.6 Å². The Balaban J connectivity index is 1.69. The van der Waals surface area contributed by atoms with Gasteiger partial charge in [0.15, 0.2) is 11.9 Å². The van der Waals surface area contributed by atoms with Crippen molar-refractivity contribution in [2.24, 2.45) is 0 Å². The predicted molar refractivity (Wildman–Crippen MR) is 169 cm³/mol. The highest BCUT2D eigenvalue weighted by atomic mass is 31.2. The number of aryl methyl sites for hydroxylation is 1. The van der Waals surface area contributed by atoms with Crippen LogP contribution in [-0.2, 0) is 45.6 Å². The molecule has 44 heavy (non-hydrogen) atoms. The van der Waals surface area contributed by atoms with Crippen LogP contribution >= 0.6 is 7.82 Å². The van der Waals surface area contributed by atoms with Crippen LogP contribution in [0.1, 0.15) is 65.1 Å². The van der Waals surface area contributed by atoms with Crippen LogP contribution in [0.4, 0.5) is 5.82 Å². The molecule has 3 aromatic rings. The van der Waals surface area contributed by atoms with E-state index >= 15 is 0 Å². The summed E-state index contributed by atoms with van der Waals surface area (Å²) in [6.07, 6.45) is 9.97. The summed E-state index contributed by atoms with van der Waals surface area (Å²) in [5.41, 5.74) is 8.30. The van der Waals surface area contributed by atoms with Crippen LogP contribution in [0, 0.1) is 0 Å². The van der Waals surface area contributed by atoms with E-state index in [1.807, 2.05) is 54.8 Å². The molecule has 0 aliphatic heterocycles. The van der Waals surface area contributed by atoms with E-state index < -0.39 is 32.5 Å². The minimum atomic E-state index is -4.59. The average Bonchev–Trinajstić information content (AvgIpc) is 3.36. The third kappa shape index (κ3) is 10.6. The van der Waals surface area contributed by atoms with E-state index in [0.29, 0.717) is 23.3 Å². The summed E-state index contributed by atoms with van der Waals surface area (Å²) in [4.78, 5) is 44.0. The molecule has 1 aromatic carbocycles. The first-order valence-corrected chi connectivity index (χ1v) is 16.5. The van der Waals surface area contributed by atoms with E-state index in [4.69, 9.17) is 29.2 Å². The first-order valence-electron chi connectivity index (χ1n) is 15.0. The Morgan fingerprint density at radius 3 is 2.41 bits per heavy atom. The topological polar surface area (TPSA) is 165 Å². The highest BCUT2D eigenvalue weighted by Gasteiger charge is 2.26. The van der Waals surface area contributed by atoms with E-state index in [-0.39, 0.29) is 32.6 Å².